The van der Waals surface area contributed by atoms with Crippen molar-refractivity contribution in [2.75, 3.05) is 31.6 Å². The van der Waals surface area contributed by atoms with Gasteiger partial charge < -0.3 is 20.3 Å². The Bertz CT molecular complexity index is 687. The zero-order valence-electron chi connectivity index (χ0n) is 15.3. The fourth-order valence-corrected chi connectivity index (χ4v) is 4.05. The highest BCUT2D eigenvalue weighted by Gasteiger charge is 2.39. The molecule has 1 aromatic carbocycles. The summed E-state index contributed by atoms with van der Waals surface area (Å²) in [6.45, 7) is 3.82. The SMILES string of the molecule is COc1ccc(Cl)cc1N1CC(C(=O)N2CCC(C(C)N)CC2)CC1=O. The van der Waals surface area contributed by atoms with Gasteiger partial charge >= 0.3 is 0 Å². The normalized spacial score (nSPS) is 22.6. The van der Waals surface area contributed by atoms with Crippen LogP contribution < -0.4 is 15.4 Å². The second-order valence-corrected chi connectivity index (χ2v) is 7.68. The highest BCUT2D eigenvalue weighted by atomic mass is 35.5. The Morgan fingerprint density at radius 2 is 2.04 bits per heavy atom. The number of nitrogens with zero attached hydrogens (tertiary/aromatic N) is 2. The number of anilines is 1. The van der Waals surface area contributed by atoms with Crippen LogP contribution in [0.4, 0.5) is 5.69 Å². The van der Waals surface area contributed by atoms with Crippen molar-refractivity contribution in [2.24, 2.45) is 17.6 Å². The van der Waals surface area contributed by atoms with Gasteiger partial charge in [0.2, 0.25) is 11.8 Å². The lowest BCUT2D eigenvalue weighted by molar-refractivity contribution is -0.137. The van der Waals surface area contributed by atoms with E-state index in [4.69, 9.17) is 22.1 Å². The highest BCUT2D eigenvalue weighted by molar-refractivity contribution is 6.31. The Kier molecular flexibility index (Phi) is 5.73. The van der Waals surface area contributed by atoms with E-state index in [-0.39, 0.29) is 30.2 Å². The summed E-state index contributed by atoms with van der Waals surface area (Å²) in [5.74, 6) is 0.711. The quantitative estimate of drug-likeness (QED) is 0.870. The molecule has 2 fully saturated rings. The maximum Gasteiger partial charge on any atom is 0.228 e. The fourth-order valence-electron chi connectivity index (χ4n) is 3.88. The first-order chi connectivity index (χ1) is 12.4. The van der Waals surface area contributed by atoms with Crippen LogP contribution in [0.25, 0.3) is 0 Å². The lowest BCUT2D eigenvalue weighted by Crippen LogP contribution is -2.45. The molecule has 0 aliphatic carbocycles. The molecule has 2 saturated heterocycles. The number of likely N-dealkylation sites (tertiary alicyclic amines) is 1. The molecule has 0 spiro atoms. The van der Waals surface area contributed by atoms with E-state index < -0.39 is 0 Å². The molecule has 2 aliphatic rings. The number of hydrogen-bond acceptors (Lipinski definition) is 4. The van der Waals surface area contributed by atoms with E-state index in [2.05, 4.69) is 0 Å². The molecule has 2 heterocycles. The van der Waals surface area contributed by atoms with Crippen LogP contribution in [0.2, 0.25) is 5.02 Å². The molecule has 7 heteroatoms. The average Bonchev–Trinajstić information content (AvgIpc) is 3.02. The molecule has 2 amide bonds. The Morgan fingerprint density at radius 3 is 2.65 bits per heavy atom. The molecule has 1 aromatic rings. The molecule has 0 radical (unpaired) electrons. The summed E-state index contributed by atoms with van der Waals surface area (Å²) in [4.78, 5) is 28.9. The van der Waals surface area contributed by atoms with Crippen LogP contribution in [-0.4, -0.2) is 49.5 Å². The minimum absolute atomic E-state index is 0.0602. The van der Waals surface area contributed by atoms with Crippen molar-refractivity contribution in [1.82, 2.24) is 4.90 Å². The molecule has 3 rings (SSSR count). The minimum Gasteiger partial charge on any atom is -0.495 e. The van der Waals surface area contributed by atoms with Gasteiger partial charge in [0, 0.05) is 37.1 Å². The lowest BCUT2D eigenvalue weighted by atomic mass is 9.90. The van der Waals surface area contributed by atoms with Crippen molar-refractivity contribution in [1.29, 1.82) is 0 Å². The number of rotatable bonds is 4. The molecule has 2 N–H and O–H groups in total. The van der Waals surface area contributed by atoms with Crippen molar-refractivity contribution < 1.29 is 14.3 Å². The smallest absolute Gasteiger partial charge is 0.228 e. The van der Waals surface area contributed by atoms with Crippen molar-refractivity contribution in [3.63, 3.8) is 0 Å². The van der Waals surface area contributed by atoms with E-state index in [0.717, 1.165) is 25.9 Å². The maximum atomic E-state index is 12.9. The fraction of sp³-hybridized carbons (Fsp3) is 0.579. The third-order valence-electron chi connectivity index (χ3n) is 5.50. The molecule has 6 nitrogen and oxygen atoms in total. The Balaban J connectivity index is 1.68. The number of halogens is 1. The zero-order chi connectivity index (χ0) is 18.8. The third-order valence-corrected chi connectivity index (χ3v) is 5.74. The summed E-state index contributed by atoms with van der Waals surface area (Å²) >= 11 is 6.08. The molecule has 2 aliphatic heterocycles. The summed E-state index contributed by atoms with van der Waals surface area (Å²) < 4.78 is 5.35. The molecular weight excluding hydrogens is 354 g/mol. The number of methoxy groups -OCH3 is 1. The molecule has 142 valence electrons. The number of benzene rings is 1. The van der Waals surface area contributed by atoms with Crippen molar-refractivity contribution in [2.45, 2.75) is 32.2 Å². The van der Waals surface area contributed by atoms with E-state index in [1.165, 1.54) is 0 Å². The van der Waals surface area contributed by atoms with Gasteiger partial charge in [0.1, 0.15) is 5.75 Å². The van der Waals surface area contributed by atoms with Crippen LogP contribution in [0.1, 0.15) is 26.2 Å². The first-order valence-corrected chi connectivity index (χ1v) is 9.46. The van der Waals surface area contributed by atoms with E-state index >= 15 is 0 Å². The number of piperidine rings is 1. The standard InChI is InChI=1S/C19H26ClN3O3/c1-12(21)13-5-7-22(8-6-13)19(25)14-9-18(24)23(11-14)16-10-15(20)3-4-17(16)26-2/h3-4,10,12-14H,5-9,11,21H2,1-2H3. The molecule has 2 atom stereocenters. The summed E-state index contributed by atoms with van der Waals surface area (Å²) in [6, 6.07) is 5.32. The van der Waals surface area contributed by atoms with Gasteiger partial charge in [-0.3, -0.25) is 9.59 Å². The maximum absolute atomic E-state index is 12.9. The van der Waals surface area contributed by atoms with Gasteiger partial charge in [-0.2, -0.15) is 0 Å². The predicted molar refractivity (Wildman–Crippen MR) is 101 cm³/mol. The molecule has 0 bridgehead atoms. The number of carbonyl (C=O) groups is 2. The van der Waals surface area contributed by atoms with Gasteiger partial charge in [-0.25, -0.2) is 0 Å². The van der Waals surface area contributed by atoms with Gasteiger partial charge in [-0.15, -0.1) is 0 Å². The molecule has 2 unspecified atom stereocenters. The lowest BCUT2D eigenvalue weighted by Gasteiger charge is -2.35. The van der Waals surface area contributed by atoms with Gasteiger partial charge in [-0.1, -0.05) is 11.6 Å². The summed E-state index contributed by atoms with van der Waals surface area (Å²) in [5, 5.41) is 0.529. The van der Waals surface area contributed by atoms with E-state index in [1.54, 1.807) is 30.2 Å². The Labute approximate surface area is 159 Å². The molecule has 0 aromatic heterocycles. The van der Waals surface area contributed by atoms with Crippen LogP contribution in [0.3, 0.4) is 0 Å². The second-order valence-electron chi connectivity index (χ2n) is 7.24. The van der Waals surface area contributed by atoms with Crippen LogP contribution in [0, 0.1) is 11.8 Å². The van der Waals surface area contributed by atoms with Crippen LogP contribution in [0.15, 0.2) is 18.2 Å². The van der Waals surface area contributed by atoms with Gasteiger partial charge in [0.25, 0.3) is 0 Å². The second kappa shape index (κ2) is 7.84. The largest absolute Gasteiger partial charge is 0.495 e. The Morgan fingerprint density at radius 1 is 1.35 bits per heavy atom. The Hall–Kier alpha value is -1.79. The molecule has 0 saturated carbocycles. The van der Waals surface area contributed by atoms with E-state index in [1.807, 2.05) is 11.8 Å². The first kappa shape index (κ1) is 19.0. The summed E-state index contributed by atoms with van der Waals surface area (Å²) in [7, 11) is 1.55. The average molecular weight is 380 g/mol. The number of nitrogens with two attached hydrogens (primary N) is 1. The van der Waals surface area contributed by atoms with Crippen molar-refractivity contribution in [3.8, 4) is 5.75 Å². The van der Waals surface area contributed by atoms with E-state index in [0.29, 0.717) is 28.9 Å². The monoisotopic (exact) mass is 379 g/mol. The van der Waals surface area contributed by atoms with Gasteiger partial charge in [0.15, 0.2) is 0 Å². The van der Waals surface area contributed by atoms with Crippen molar-refractivity contribution >= 4 is 29.1 Å². The number of amides is 2. The van der Waals surface area contributed by atoms with Crippen LogP contribution >= 0.6 is 11.6 Å². The molecule has 26 heavy (non-hydrogen) atoms. The summed E-state index contributed by atoms with van der Waals surface area (Å²) in [6.07, 6.45) is 2.08. The zero-order valence-corrected chi connectivity index (χ0v) is 16.0. The van der Waals surface area contributed by atoms with E-state index in [9.17, 15) is 9.59 Å². The van der Waals surface area contributed by atoms with Gasteiger partial charge in [-0.05, 0) is 43.9 Å². The number of carbonyl (C=O) groups excluding carboxylic acids is 2. The topological polar surface area (TPSA) is 75.9 Å². The number of hydrogen-bond donors (Lipinski definition) is 1. The molecular formula is C19H26ClN3O3. The predicted octanol–water partition coefficient (Wildman–Crippen LogP) is 2.29. The van der Waals surface area contributed by atoms with Crippen LogP contribution in [-0.2, 0) is 9.59 Å². The first-order valence-electron chi connectivity index (χ1n) is 9.09. The van der Waals surface area contributed by atoms with Crippen molar-refractivity contribution in [3.05, 3.63) is 23.2 Å². The third kappa shape index (κ3) is 3.81. The van der Waals surface area contributed by atoms with Gasteiger partial charge in [0.05, 0.1) is 18.7 Å². The minimum atomic E-state index is -0.321. The summed E-state index contributed by atoms with van der Waals surface area (Å²) in [5.41, 5.74) is 6.60. The highest BCUT2D eigenvalue weighted by Crippen LogP contribution is 2.36. The number of ether oxygens (including phenoxy) is 1. The van der Waals surface area contributed by atoms with Crippen LogP contribution in [0.5, 0.6) is 5.75 Å².